The van der Waals surface area contributed by atoms with Gasteiger partial charge in [0.15, 0.2) is 5.82 Å². The largest absolute Gasteiger partial charge is 0.311 e. The van der Waals surface area contributed by atoms with Gasteiger partial charge in [0.2, 0.25) is 0 Å². The van der Waals surface area contributed by atoms with E-state index < -0.39 is 0 Å². The van der Waals surface area contributed by atoms with E-state index in [1.807, 2.05) is 18.2 Å². The van der Waals surface area contributed by atoms with Gasteiger partial charge in [-0.25, -0.2) is 9.97 Å². The Morgan fingerprint density at radius 3 is 2.83 bits per heavy atom. The topological polar surface area (TPSA) is 50.7 Å². The van der Waals surface area contributed by atoms with Gasteiger partial charge in [0.25, 0.3) is 0 Å². The molecule has 0 fully saturated rings. The highest BCUT2D eigenvalue weighted by Gasteiger charge is 2.03. The first-order chi connectivity index (χ1) is 8.79. The summed E-state index contributed by atoms with van der Waals surface area (Å²) in [6, 6.07) is 5.77. The van der Waals surface area contributed by atoms with Gasteiger partial charge in [-0.1, -0.05) is 6.92 Å². The number of aromatic nitrogens is 3. The molecule has 2 heterocycles. The Morgan fingerprint density at radius 2 is 2.11 bits per heavy atom. The summed E-state index contributed by atoms with van der Waals surface area (Å²) in [6.07, 6.45) is 4.64. The van der Waals surface area contributed by atoms with Crippen LogP contribution in [0.2, 0.25) is 0 Å². The lowest BCUT2D eigenvalue weighted by Gasteiger charge is -2.04. The molecule has 0 aliphatic heterocycles. The van der Waals surface area contributed by atoms with Crippen molar-refractivity contribution in [2.45, 2.75) is 19.9 Å². The summed E-state index contributed by atoms with van der Waals surface area (Å²) in [5.74, 6) is 0.665. The molecular weight excluding hydrogens is 292 g/mol. The molecule has 5 heteroatoms. The van der Waals surface area contributed by atoms with E-state index >= 15 is 0 Å². The predicted molar refractivity (Wildman–Crippen MR) is 75.0 cm³/mol. The molecule has 0 saturated heterocycles. The second-order valence-corrected chi connectivity index (χ2v) is 4.83. The fourth-order valence-electron chi connectivity index (χ4n) is 1.52. The van der Waals surface area contributed by atoms with Crippen molar-refractivity contribution in [3.05, 3.63) is 40.8 Å². The Kier molecular flexibility index (Phi) is 4.78. The Hall–Kier alpha value is -1.33. The molecule has 4 nitrogen and oxygen atoms in total. The molecule has 0 atom stereocenters. The van der Waals surface area contributed by atoms with Gasteiger partial charge in [-0.05, 0) is 47.1 Å². The van der Waals surface area contributed by atoms with Crippen molar-refractivity contribution in [3.8, 4) is 11.5 Å². The summed E-state index contributed by atoms with van der Waals surface area (Å²) < 4.78 is 0.951. The van der Waals surface area contributed by atoms with Crippen LogP contribution < -0.4 is 5.32 Å². The third-order valence-electron chi connectivity index (χ3n) is 2.40. The van der Waals surface area contributed by atoms with E-state index in [-0.39, 0.29) is 0 Å². The van der Waals surface area contributed by atoms with Crippen molar-refractivity contribution in [1.29, 1.82) is 0 Å². The van der Waals surface area contributed by atoms with Gasteiger partial charge in [-0.15, -0.1) is 0 Å². The molecule has 2 aromatic rings. The lowest BCUT2D eigenvalue weighted by Crippen LogP contribution is -2.15. The average Bonchev–Trinajstić information content (AvgIpc) is 2.40. The number of nitrogens with zero attached hydrogens (tertiary/aromatic N) is 3. The number of pyridine rings is 1. The monoisotopic (exact) mass is 306 g/mol. The molecule has 0 bridgehead atoms. The van der Waals surface area contributed by atoms with Gasteiger partial charge >= 0.3 is 0 Å². The van der Waals surface area contributed by atoms with Crippen LogP contribution in [0.4, 0.5) is 0 Å². The smallest absolute Gasteiger partial charge is 0.178 e. The number of hydrogen-bond donors (Lipinski definition) is 1. The summed E-state index contributed by atoms with van der Waals surface area (Å²) in [5.41, 5.74) is 1.77. The van der Waals surface area contributed by atoms with Crippen molar-refractivity contribution in [1.82, 2.24) is 20.3 Å². The van der Waals surface area contributed by atoms with Crippen LogP contribution in [0.5, 0.6) is 0 Å². The lowest BCUT2D eigenvalue weighted by atomic mass is 10.3. The number of rotatable bonds is 5. The molecular formula is C13H15BrN4. The zero-order chi connectivity index (χ0) is 12.8. The second kappa shape index (κ2) is 6.56. The highest BCUT2D eigenvalue weighted by molar-refractivity contribution is 9.10. The predicted octanol–water partition coefficient (Wildman–Crippen LogP) is 2.80. The second-order valence-electron chi connectivity index (χ2n) is 3.91. The van der Waals surface area contributed by atoms with E-state index in [1.54, 1.807) is 12.4 Å². The molecule has 0 aliphatic rings. The molecule has 0 aromatic carbocycles. The summed E-state index contributed by atoms with van der Waals surface area (Å²) in [6.45, 7) is 3.90. The molecule has 94 valence electrons. The molecule has 2 rings (SSSR count). The maximum atomic E-state index is 4.49. The third kappa shape index (κ3) is 3.58. The van der Waals surface area contributed by atoms with Crippen molar-refractivity contribution in [2.24, 2.45) is 0 Å². The van der Waals surface area contributed by atoms with Crippen LogP contribution in [0.25, 0.3) is 11.5 Å². The minimum atomic E-state index is 0.665. The van der Waals surface area contributed by atoms with E-state index in [4.69, 9.17) is 0 Å². The summed E-state index contributed by atoms with van der Waals surface area (Å²) >= 11 is 3.36. The molecule has 0 radical (unpaired) electrons. The SMILES string of the molecule is CCCNCc1ccnc(-c2ccc(Br)cn2)n1. The van der Waals surface area contributed by atoms with Crippen LogP contribution in [0.1, 0.15) is 19.0 Å². The highest BCUT2D eigenvalue weighted by atomic mass is 79.9. The van der Waals surface area contributed by atoms with E-state index in [9.17, 15) is 0 Å². The Bertz CT molecular complexity index is 499. The minimum Gasteiger partial charge on any atom is -0.311 e. The zero-order valence-electron chi connectivity index (χ0n) is 10.2. The summed E-state index contributed by atoms with van der Waals surface area (Å²) in [5, 5.41) is 3.32. The highest BCUT2D eigenvalue weighted by Crippen LogP contribution is 2.14. The Labute approximate surface area is 115 Å². The number of hydrogen-bond acceptors (Lipinski definition) is 4. The summed E-state index contributed by atoms with van der Waals surface area (Å²) in [7, 11) is 0. The van der Waals surface area contributed by atoms with Gasteiger partial charge in [0.1, 0.15) is 5.69 Å². The van der Waals surface area contributed by atoms with Crippen LogP contribution in [0.3, 0.4) is 0 Å². The van der Waals surface area contributed by atoms with Gasteiger partial charge in [0, 0.05) is 23.4 Å². The first-order valence-corrected chi connectivity index (χ1v) is 6.73. The van der Waals surface area contributed by atoms with E-state index in [0.717, 1.165) is 35.4 Å². The maximum absolute atomic E-state index is 4.49. The lowest BCUT2D eigenvalue weighted by molar-refractivity contribution is 0.663. The third-order valence-corrected chi connectivity index (χ3v) is 2.87. The van der Waals surface area contributed by atoms with E-state index in [2.05, 4.69) is 43.1 Å². The molecule has 0 saturated carbocycles. The first-order valence-electron chi connectivity index (χ1n) is 5.94. The maximum Gasteiger partial charge on any atom is 0.178 e. The van der Waals surface area contributed by atoms with Gasteiger partial charge in [0.05, 0.1) is 5.69 Å². The zero-order valence-corrected chi connectivity index (χ0v) is 11.8. The number of nitrogens with one attached hydrogen (secondary N) is 1. The summed E-state index contributed by atoms with van der Waals surface area (Å²) in [4.78, 5) is 13.0. The minimum absolute atomic E-state index is 0.665. The van der Waals surface area contributed by atoms with Gasteiger partial charge in [-0.3, -0.25) is 4.98 Å². The molecule has 0 amide bonds. The van der Waals surface area contributed by atoms with Crippen molar-refractivity contribution in [2.75, 3.05) is 6.54 Å². The van der Waals surface area contributed by atoms with Crippen molar-refractivity contribution < 1.29 is 0 Å². The Balaban J connectivity index is 2.13. The normalized spacial score (nSPS) is 10.6. The molecule has 0 unspecified atom stereocenters. The van der Waals surface area contributed by atoms with Gasteiger partial charge in [-0.2, -0.15) is 0 Å². The van der Waals surface area contributed by atoms with Crippen LogP contribution in [0, 0.1) is 0 Å². The van der Waals surface area contributed by atoms with E-state index in [0.29, 0.717) is 5.82 Å². The van der Waals surface area contributed by atoms with Crippen LogP contribution >= 0.6 is 15.9 Å². The standard InChI is InChI=1S/C13H15BrN4/c1-2-6-15-9-11-5-7-16-13(18-11)12-4-3-10(14)8-17-12/h3-5,7-8,15H,2,6,9H2,1H3. The quantitative estimate of drug-likeness (QED) is 0.863. The fraction of sp³-hybridized carbons (Fsp3) is 0.308. The van der Waals surface area contributed by atoms with Gasteiger partial charge < -0.3 is 5.32 Å². The number of halogens is 1. The molecule has 1 N–H and O–H groups in total. The van der Waals surface area contributed by atoms with E-state index in [1.165, 1.54) is 0 Å². The average molecular weight is 307 g/mol. The molecule has 0 spiro atoms. The molecule has 0 aliphatic carbocycles. The van der Waals surface area contributed by atoms with Crippen molar-refractivity contribution >= 4 is 15.9 Å². The fourth-order valence-corrected chi connectivity index (χ4v) is 1.75. The van der Waals surface area contributed by atoms with Crippen LogP contribution in [-0.4, -0.2) is 21.5 Å². The van der Waals surface area contributed by atoms with Crippen LogP contribution in [-0.2, 0) is 6.54 Å². The molecule has 18 heavy (non-hydrogen) atoms. The van der Waals surface area contributed by atoms with Crippen molar-refractivity contribution in [3.63, 3.8) is 0 Å². The van der Waals surface area contributed by atoms with Crippen LogP contribution in [0.15, 0.2) is 35.1 Å². The first kappa shape index (κ1) is 13.1. The molecule has 2 aromatic heterocycles. The Morgan fingerprint density at radius 1 is 1.22 bits per heavy atom.